The van der Waals surface area contributed by atoms with Crippen LogP contribution < -0.4 is 0 Å². The summed E-state index contributed by atoms with van der Waals surface area (Å²) in [7, 11) is 0. The normalized spacial score (nSPS) is 11.0. The van der Waals surface area contributed by atoms with Gasteiger partial charge in [-0.05, 0) is 47.5 Å². The molecule has 7 nitrogen and oxygen atoms in total. The standard InChI is InChI=1S/C16H12N2O5/c19-17(20)15-5-1-13(2-6-15)9-11-23-12-10-14-3-7-16(8-4-14)18(21)22/h1-12H. The highest BCUT2D eigenvalue weighted by molar-refractivity contribution is 5.52. The maximum absolute atomic E-state index is 10.5. The van der Waals surface area contributed by atoms with Crippen molar-refractivity contribution < 1.29 is 14.6 Å². The Balaban J connectivity index is 1.88. The third-order valence-corrected chi connectivity index (χ3v) is 2.89. The van der Waals surface area contributed by atoms with Crippen LogP contribution >= 0.6 is 0 Å². The van der Waals surface area contributed by atoms with E-state index in [2.05, 4.69) is 0 Å². The van der Waals surface area contributed by atoms with Crippen molar-refractivity contribution in [3.05, 3.63) is 92.4 Å². The molecule has 116 valence electrons. The van der Waals surface area contributed by atoms with Crippen LogP contribution in [-0.4, -0.2) is 9.85 Å². The number of nitrogens with zero attached hydrogens (tertiary/aromatic N) is 2. The van der Waals surface area contributed by atoms with E-state index in [-0.39, 0.29) is 11.4 Å². The quantitative estimate of drug-likeness (QED) is 0.453. The van der Waals surface area contributed by atoms with Gasteiger partial charge in [0.1, 0.15) is 0 Å². The van der Waals surface area contributed by atoms with E-state index in [0.717, 1.165) is 11.1 Å². The summed E-state index contributed by atoms with van der Waals surface area (Å²) in [6, 6.07) is 12.1. The van der Waals surface area contributed by atoms with Crippen LogP contribution in [-0.2, 0) is 4.74 Å². The summed E-state index contributed by atoms with van der Waals surface area (Å²) in [5.74, 6) is 0. The first kappa shape index (κ1) is 15.9. The van der Waals surface area contributed by atoms with E-state index >= 15 is 0 Å². The lowest BCUT2D eigenvalue weighted by atomic mass is 10.2. The second-order valence-electron chi connectivity index (χ2n) is 4.44. The van der Waals surface area contributed by atoms with E-state index in [1.807, 2.05) is 0 Å². The zero-order valence-corrected chi connectivity index (χ0v) is 11.9. The molecule has 0 amide bonds. The van der Waals surface area contributed by atoms with Crippen LogP contribution in [0.15, 0.2) is 61.1 Å². The molecule has 0 bridgehead atoms. The number of non-ortho nitro benzene ring substituents is 2. The van der Waals surface area contributed by atoms with Gasteiger partial charge in [-0.1, -0.05) is 0 Å². The maximum atomic E-state index is 10.5. The fourth-order valence-electron chi connectivity index (χ4n) is 1.70. The summed E-state index contributed by atoms with van der Waals surface area (Å²) in [5.41, 5.74) is 1.58. The topological polar surface area (TPSA) is 95.5 Å². The lowest BCUT2D eigenvalue weighted by molar-refractivity contribution is -0.385. The summed E-state index contributed by atoms with van der Waals surface area (Å²) in [6.45, 7) is 0. The van der Waals surface area contributed by atoms with Gasteiger partial charge in [0.2, 0.25) is 0 Å². The molecule has 0 aliphatic rings. The van der Waals surface area contributed by atoms with Crippen molar-refractivity contribution in [2.75, 3.05) is 0 Å². The summed E-state index contributed by atoms with van der Waals surface area (Å²) >= 11 is 0. The third-order valence-electron chi connectivity index (χ3n) is 2.89. The van der Waals surface area contributed by atoms with Crippen molar-refractivity contribution in [2.45, 2.75) is 0 Å². The van der Waals surface area contributed by atoms with E-state index in [9.17, 15) is 20.2 Å². The van der Waals surface area contributed by atoms with Crippen LogP contribution in [0.2, 0.25) is 0 Å². The Morgan fingerprint density at radius 1 is 0.696 bits per heavy atom. The molecule has 7 heteroatoms. The van der Waals surface area contributed by atoms with Crippen LogP contribution in [0.5, 0.6) is 0 Å². The van der Waals surface area contributed by atoms with E-state index in [1.165, 1.54) is 36.8 Å². The minimum absolute atomic E-state index is 0.0288. The highest BCUT2D eigenvalue weighted by Gasteiger charge is 2.02. The predicted molar refractivity (Wildman–Crippen MR) is 85.3 cm³/mol. The molecule has 0 aromatic heterocycles. The number of benzene rings is 2. The molecule has 0 unspecified atom stereocenters. The molecule has 2 aromatic carbocycles. The summed E-state index contributed by atoms with van der Waals surface area (Å²) in [5, 5.41) is 21.0. The second-order valence-corrected chi connectivity index (χ2v) is 4.44. The highest BCUT2D eigenvalue weighted by atomic mass is 16.6. The van der Waals surface area contributed by atoms with Gasteiger partial charge in [0.05, 0.1) is 22.4 Å². The molecular weight excluding hydrogens is 300 g/mol. The molecule has 0 aliphatic heterocycles. The van der Waals surface area contributed by atoms with Gasteiger partial charge in [-0.15, -0.1) is 0 Å². The minimum Gasteiger partial charge on any atom is -0.473 e. The van der Waals surface area contributed by atoms with Crippen LogP contribution in [0.4, 0.5) is 11.4 Å². The Hall–Kier alpha value is -3.48. The third kappa shape index (κ3) is 4.78. The van der Waals surface area contributed by atoms with E-state index in [0.29, 0.717) is 0 Å². The average Bonchev–Trinajstić information content (AvgIpc) is 2.55. The monoisotopic (exact) mass is 312 g/mol. The van der Waals surface area contributed by atoms with E-state index in [4.69, 9.17) is 4.74 Å². The molecule has 0 atom stereocenters. The molecule has 0 fully saturated rings. The Morgan fingerprint density at radius 2 is 1.04 bits per heavy atom. The number of nitro groups is 2. The van der Waals surface area contributed by atoms with E-state index < -0.39 is 9.85 Å². The van der Waals surface area contributed by atoms with Crippen molar-refractivity contribution in [1.82, 2.24) is 0 Å². The minimum atomic E-state index is -0.461. The molecule has 0 saturated carbocycles. The first-order valence-electron chi connectivity index (χ1n) is 6.54. The van der Waals surface area contributed by atoms with Crippen molar-refractivity contribution in [3.8, 4) is 0 Å². The lowest BCUT2D eigenvalue weighted by Crippen LogP contribution is -1.86. The fraction of sp³-hybridized carbons (Fsp3) is 0. The Morgan fingerprint density at radius 3 is 1.35 bits per heavy atom. The Labute approximate surface area is 131 Å². The molecule has 0 N–H and O–H groups in total. The molecule has 2 aromatic rings. The molecule has 0 saturated heterocycles. The van der Waals surface area contributed by atoms with Crippen molar-refractivity contribution in [3.63, 3.8) is 0 Å². The molecule has 0 spiro atoms. The fourth-order valence-corrected chi connectivity index (χ4v) is 1.70. The van der Waals surface area contributed by atoms with Gasteiger partial charge in [-0.25, -0.2) is 0 Å². The van der Waals surface area contributed by atoms with Crippen molar-refractivity contribution >= 4 is 23.5 Å². The van der Waals surface area contributed by atoms with Gasteiger partial charge in [0, 0.05) is 24.3 Å². The first-order chi connectivity index (χ1) is 11.1. The van der Waals surface area contributed by atoms with Crippen LogP contribution in [0.25, 0.3) is 12.2 Å². The summed E-state index contributed by atoms with van der Waals surface area (Å²) in [6.07, 6.45) is 6.18. The van der Waals surface area contributed by atoms with Gasteiger partial charge < -0.3 is 4.74 Å². The second kappa shape index (κ2) is 7.51. The molecule has 23 heavy (non-hydrogen) atoms. The van der Waals surface area contributed by atoms with Crippen molar-refractivity contribution in [1.29, 1.82) is 0 Å². The summed E-state index contributed by atoms with van der Waals surface area (Å²) < 4.78 is 5.17. The molecule has 2 rings (SSSR count). The lowest BCUT2D eigenvalue weighted by Gasteiger charge is -1.95. The highest BCUT2D eigenvalue weighted by Crippen LogP contribution is 2.14. The van der Waals surface area contributed by atoms with Gasteiger partial charge in [0.15, 0.2) is 0 Å². The Kier molecular flexibility index (Phi) is 5.19. The zero-order chi connectivity index (χ0) is 16.7. The van der Waals surface area contributed by atoms with Gasteiger partial charge in [0.25, 0.3) is 11.4 Å². The number of hydrogen-bond acceptors (Lipinski definition) is 5. The zero-order valence-electron chi connectivity index (χ0n) is 11.9. The smallest absolute Gasteiger partial charge is 0.269 e. The maximum Gasteiger partial charge on any atom is 0.269 e. The molecule has 0 heterocycles. The largest absolute Gasteiger partial charge is 0.473 e. The first-order valence-corrected chi connectivity index (χ1v) is 6.54. The average molecular weight is 312 g/mol. The van der Waals surface area contributed by atoms with Crippen LogP contribution in [0, 0.1) is 20.2 Å². The number of rotatable bonds is 6. The van der Waals surface area contributed by atoms with Gasteiger partial charge >= 0.3 is 0 Å². The molecule has 0 aliphatic carbocycles. The predicted octanol–water partition coefficient (Wildman–Crippen LogP) is 4.16. The van der Waals surface area contributed by atoms with Crippen LogP contribution in [0.3, 0.4) is 0 Å². The molecule has 0 radical (unpaired) electrons. The van der Waals surface area contributed by atoms with Gasteiger partial charge in [-0.2, -0.15) is 0 Å². The van der Waals surface area contributed by atoms with Crippen LogP contribution in [0.1, 0.15) is 11.1 Å². The van der Waals surface area contributed by atoms with Gasteiger partial charge in [-0.3, -0.25) is 20.2 Å². The number of nitro benzene ring substituents is 2. The van der Waals surface area contributed by atoms with Crippen molar-refractivity contribution in [2.24, 2.45) is 0 Å². The van der Waals surface area contributed by atoms with E-state index in [1.54, 1.807) is 36.4 Å². The number of hydrogen-bond donors (Lipinski definition) is 0. The number of ether oxygens (including phenoxy) is 1. The molecular formula is C16H12N2O5. The Bertz CT molecular complexity index is 684. The summed E-state index contributed by atoms with van der Waals surface area (Å²) in [4.78, 5) is 20.1. The SMILES string of the molecule is O=[N+]([O-])c1ccc(C=COC=Cc2ccc([N+](=O)[O-])cc2)cc1.